The third kappa shape index (κ3) is 4.77. The molecule has 32 heavy (non-hydrogen) atoms. The number of fused-ring (bicyclic) bond motifs is 1. The fourth-order valence-electron chi connectivity index (χ4n) is 3.59. The maximum atomic E-state index is 6.51. The van der Waals surface area contributed by atoms with Crippen molar-refractivity contribution in [1.29, 1.82) is 0 Å². The highest BCUT2D eigenvalue weighted by molar-refractivity contribution is 6.74. The fraction of sp³-hybridized carbons (Fsp3) is 0.522. The predicted octanol–water partition coefficient (Wildman–Crippen LogP) is 5.30. The van der Waals surface area contributed by atoms with Gasteiger partial charge in [0.15, 0.2) is 13.5 Å². The van der Waals surface area contributed by atoms with Crippen LogP contribution >= 0.6 is 11.6 Å². The molecule has 0 radical (unpaired) electrons. The minimum atomic E-state index is -1.85. The van der Waals surface area contributed by atoms with Crippen LogP contribution in [0.5, 0.6) is 5.75 Å². The minimum absolute atomic E-state index is 0.153. The second-order valence-electron chi connectivity index (χ2n) is 9.75. The second-order valence-corrected chi connectivity index (χ2v) is 14.9. The Hall–Kier alpha value is -2.16. The first-order valence-electron chi connectivity index (χ1n) is 10.8. The summed E-state index contributed by atoms with van der Waals surface area (Å²) in [5.74, 6) is 1.01. The summed E-state index contributed by atoms with van der Waals surface area (Å²) in [5, 5.41) is 0.497. The summed E-state index contributed by atoms with van der Waals surface area (Å²) in [6, 6.07) is 0. The average Bonchev–Trinajstić information content (AvgIpc) is 3.01. The lowest BCUT2D eigenvalue weighted by molar-refractivity contribution is 0.273. The Morgan fingerprint density at radius 3 is 2.50 bits per heavy atom. The molecule has 2 N–H and O–H groups in total. The highest BCUT2D eigenvalue weighted by Crippen LogP contribution is 2.37. The Bertz CT molecular complexity index is 1140. The molecule has 3 aromatic heterocycles. The van der Waals surface area contributed by atoms with Crippen LogP contribution in [-0.2, 0) is 17.4 Å². The lowest BCUT2D eigenvalue weighted by atomic mass is 10.1. The zero-order valence-corrected chi connectivity index (χ0v) is 22.1. The van der Waals surface area contributed by atoms with Crippen molar-refractivity contribution >= 4 is 36.9 Å². The molecule has 0 atom stereocenters. The van der Waals surface area contributed by atoms with Gasteiger partial charge in [0.1, 0.15) is 11.3 Å². The van der Waals surface area contributed by atoms with E-state index >= 15 is 0 Å². The molecule has 7 nitrogen and oxygen atoms in total. The summed E-state index contributed by atoms with van der Waals surface area (Å²) < 4.78 is 14.0. The number of pyridine rings is 1. The van der Waals surface area contributed by atoms with Gasteiger partial charge in [0, 0.05) is 42.0 Å². The maximum absolute atomic E-state index is 6.51. The number of anilines is 1. The van der Waals surface area contributed by atoms with E-state index in [1.807, 2.05) is 20.0 Å². The molecule has 0 saturated carbocycles. The molecule has 3 heterocycles. The van der Waals surface area contributed by atoms with E-state index < -0.39 is 8.32 Å². The Labute approximate surface area is 196 Å². The highest BCUT2D eigenvalue weighted by Gasteiger charge is 2.37. The third-order valence-corrected chi connectivity index (χ3v) is 11.3. The number of nitrogens with two attached hydrogens (primary N) is 1. The maximum Gasteiger partial charge on any atom is 0.222 e. The molecule has 0 aromatic carbocycles. The Kier molecular flexibility index (Phi) is 6.88. The van der Waals surface area contributed by atoms with Crippen molar-refractivity contribution in [3.63, 3.8) is 0 Å². The number of hydrogen-bond donors (Lipinski definition) is 1. The zero-order valence-electron chi connectivity index (χ0n) is 20.3. The van der Waals surface area contributed by atoms with Crippen molar-refractivity contribution < 1.29 is 9.16 Å². The lowest BCUT2D eigenvalue weighted by Crippen LogP contribution is -2.41. The molecule has 174 valence electrons. The van der Waals surface area contributed by atoms with Gasteiger partial charge in [-0.15, -0.1) is 0 Å². The molecule has 0 aliphatic heterocycles. The van der Waals surface area contributed by atoms with Gasteiger partial charge in [-0.2, -0.15) is 4.98 Å². The molecular weight excluding hydrogens is 442 g/mol. The first-order valence-corrected chi connectivity index (χ1v) is 14.1. The van der Waals surface area contributed by atoms with Crippen molar-refractivity contribution in [2.24, 2.45) is 0 Å². The third-order valence-electron chi connectivity index (χ3n) is 6.47. The fourth-order valence-corrected chi connectivity index (χ4v) is 4.91. The average molecular weight is 476 g/mol. The van der Waals surface area contributed by atoms with E-state index in [-0.39, 0.29) is 11.0 Å². The zero-order chi connectivity index (χ0) is 23.8. The molecule has 0 saturated heterocycles. The van der Waals surface area contributed by atoms with E-state index in [1.54, 1.807) is 7.11 Å². The van der Waals surface area contributed by atoms with Crippen LogP contribution < -0.4 is 10.5 Å². The molecule has 0 bridgehead atoms. The molecule has 0 unspecified atom stereocenters. The summed E-state index contributed by atoms with van der Waals surface area (Å²) >= 11 is 6.51. The summed E-state index contributed by atoms with van der Waals surface area (Å²) in [6.07, 6.45) is 4.48. The lowest BCUT2D eigenvalue weighted by Gasteiger charge is -2.36. The van der Waals surface area contributed by atoms with Crippen LogP contribution in [0.2, 0.25) is 23.3 Å². The van der Waals surface area contributed by atoms with Gasteiger partial charge in [-0.3, -0.25) is 4.98 Å². The van der Waals surface area contributed by atoms with Gasteiger partial charge in [0.05, 0.1) is 24.9 Å². The number of rotatable bonds is 7. The number of aromatic nitrogens is 4. The van der Waals surface area contributed by atoms with Gasteiger partial charge in [-0.05, 0) is 32.0 Å². The molecule has 9 heteroatoms. The number of ether oxygens (including phenoxy) is 1. The van der Waals surface area contributed by atoms with Gasteiger partial charge in [0.25, 0.3) is 0 Å². The van der Waals surface area contributed by atoms with Crippen LogP contribution in [0.25, 0.3) is 11.0 Å². The van der Waals surface area contributed by atoms with Gasteiger partial charge < -0.3 is 19.5 Å². The normalized spacial score (nSPS) is 12.5. The standard InChI is InChI=1S/C23H34ClN5O2Si/c1-14-12-26-17(15(2)20(14)30-6)11-16-13-29(9-10-31-32(7,8)23(3,4)5)19-18(16)27-22(25)28-21(19)24/h12-13H,9-11H2,1-8H3,(H2,25,27,28). The largest absolute Gasteiger partial charge is 0.496 e. The molecular formula is C23H34ClN5O2Si. The Morgan fingerprint density at radius 2 is 1.88 bits per heavy atom. The van der Waals surface area contributed by atoms with Crippen molar-refractivity contribution in [3.05, 3.63) is 39.9 Å². The van der Waals surface area contributed by atoms with Crippen molar-refractivity contribution in [3.8, 4) is 5.75 Å². The predicted molar refractivity (Wildman–Crippen MR) is 133 cm³/mol. The second kappa shape index (κ2) is 9.00. The van der Waals surface area contributed by atoms with Crippen LogP contribution in [0, 0.1) is 13.8 Å². The van der Waals surface area contributed by atoms with Crippen LogP contribution in [0.15, 0.2) is 12.4 Å². The molecule has 0 spiro atoms. The van der Waals surface area contributed by atoms with Crippen LogP contribution in [0.1, 0.15) is 43.2 Å². The smallest absolute Gasteiger partial charge is 0.222 e. The Morgan fingerprint density at radius 1 is 1.19 bits per heavy atom. The number of aryl methyl sites for hydroxylation is 1. The monoisotopic (exact) mass is 475 g/mol. The molecule has 0 amide bonds. The summed E-state index contributed by atoms with van der Waals surface area (Å²) in [6.45, 7) is 16.5. The summed E-state index contributed by atoms with van der Waals surface area (Å²) in [5.41, 5.74) is 11.4. The highest BCUT2D eigenvalue weighted by atomic mass is 35.5. The van der Waals surface area contributed by atoms with Gasteiger partial charge >= 0.3 is 0 Å². The number of nitrogen functional groups attached to an aromatic ring is 1. The molecule has 3 aromatic rings. The minimum Gasteiger partial charge on any atom is -0.496 e. The SMILES string of the molecule is COc1c(C)cnc(Cc2cn(CCO[Si](C)(C)C(C)(C)C)c3c(Cl)nc(N)nc23)c1C. The summed E-state index contributed by atoms with van der Waals surface area (Å²) in [4.78, 5) is 13.3. The van der Waals surface area contributed by atoms with E-state index in [4.69, 9.17) is 26.5 Å². The van der Waals surface area contributed by atoms with E-state index in [2.05, 4.69) is 59.6 Å². The number of hydrogen-bond acceptors (Lipinski definition) is 6. The van der Waals surface area contributed by atoms with Crippen LogP contribution in [0.4, 0.5) is 5.95 Å². The molecule has 0 fully saturated rings. The van der Waals surface area contributed by atoms with Gasteiger partial charge in [-0.25, -0.2) is 4.98 Å². The number of halogens is 1. The Balaban J connectivity index is 1.97. The van der Waals surface area contributed by atoms with E-state index in [0.717, 1.165) is 39.2 Å². The van der Waals surface area contributed by atoms with E-state index in [0.29, 0.717) is 24.7 Å². The molecule has 0 aliphatic rings. The van der Waals surface area contributed by atoms with Gasteiger partial charge in [-0.1, -0.05) is 32.4 Å². The quantitative estimate of drug-likeness (QED) is 0.368. The first kappa shape index (κ1) is 24.5. The topological polar surface area (TPSA) is 88.1 Å². The van der Waals surface area contributed by atoms with Crippen molar-refractivity contribution in [1.82, 2.24) is 19.5 Å². The molecule has 0 aliphatic carbocycles. The van der Waals surface area contributed by atoms with E-state index in [1.165, 1.54) is 0 Å². The summed E-state index contributed by atoms with van der Waals surface area (Å²) in [7, 11) is -0.166. The van der Waals surface area contributed by atoms with E-state index in [9.17, 15) is 0 Å². The van der Waals surface area contributed by atoms with Crippen LogP contribution in [-0.4, -0.2) is 41.6 Å². The number of methoxy groups -OCH3 is 1. The molecule has 3 rings (SSSR count). The van der Waals surface area contributed by atoms with Gasteiger partial charge in [0.2, 0.25) is 5.95 Å². The first-order chi connectivity index (χ1) is 14.9. The van der Waals surface area contributed by atoms with Crippen molar-refractivity contribution in [2.75, 3.05) is 19.5 Å². The van der Waals surface area contributed by atoms with Crippen LogP contribution in [0.3, 0.4) is 0 Å². The van der Waals surface area contributed by atoms with Crippen molar-refractivity contribution in [2.45, 2.75) is 65.7 Å². The number of nitrogens with zero attached hydrogens (tertiary/aromatic N) is 4.